The summed E-state index contributed by atoms with van der Waals surface area (Å²) in [5.41, 5.74) is 4.34. The van der Waals surface area contributed by atoms with Gasteiger partial charge in [0.25, 0.3) is 0 Å². The molecule has 1 atom stereocenters. The summed E-state index contributed by atoms with van der Waals surface area (Å²) in [6, 6.07) is 14.9. The van der Waals surface area contributed by atoms with E-state index >= 15 is 0 Å². The van der Waals surface area contributed by atoms with Gasteiger partial charge < -0.3 is 20.5 Å². The molecule has 176 valence electrons. The molecule has 0 saturated carbocycles. The highest BCUT2D eigenvalue weighted by Crippen LogP contribution is 2.44. The number of carbonyl (C=O) groups excluding carboxylic acids is 2. The van der Waals surface area contributed by atoms with Crippen LogP contribution in [0.15, 0.2) is 54.9 Å². The third-order valence-electron chi connectivity index (χ3n) is 5.60. The smallest absolute Gasteiger partial charge is 0.407 e. The average molecular weight is 464 g/mol. The Morgan fingerprint density at radius 1 is 1.06 bits per heavy atom. The summed E-state index contributed by atoms with van der Waals surface area (Å²) in [6.45, 7) is 0.554. The molecule has 3 aromatic rings. The van der Waals surface area contributed by atoms with E-state index in [1.165, 1.54) is 11.1 Å². The van der Waals surface area contributed by atoms with E-state index in [0.717, 1.165) is 22.3 Å². The van der Waals surface area contributed by atoms with Gasteiger partial charge in [0.2, 0.25) is 5.91 Å². The molecule has 0 spiro atoms. The molecule has 1 aliphatic carbocycles. The van der Waals surface area contributed by atoms with Crippen LogP contribution in [0.25, 0.3) is 11.1 Å². The highest BCUT2D eigenvalue weighted by atomic mass is 16.5. The molecule has 0 aliphatic heterocycles. The largest absolute Gasteiger partial charge is 0.481 e. The fourth-order valence-electron chi connectivity index (χ4n) is 4.01. The molecule has 2 amide bonds. The molecular formula is C23H24N6O5. The molecule has 0 bridgehead atoms. The number of carbonyl (C=O) groups is 3. The number of rotatable bonds is 10. The zero-order valence-corrected chi connectivity index (χ0v) is 18.3. The second kappa shape index (κ2) is 10.6. The van der Waals surface area contributed by atoms with Gasteiger partial charge in [0, 0.05) is 18.9 Å². The van der Waals surface area contributed by atoms with Gasteiger partial charge in [-0.05, 0) is 33.9 Å². The first kappa shape index (κ1) is 22.9. The third-order valence-corrected chi connectivity index (χ3v) is 5.60. The number of hydrogen-bond acceptors (Lipinski definition) is 7. The monoisotopic (exact) mass is 464 g/mol. The minimum absolute atomic E-state index is 0.0765. The van der Waals surface area contributed by atoms with Gasteiger partial charge in [-0.2, -0.15) is 4.80 Å². The van der Waals surface area contributed by atoms with Crippen LogP contribution in [0.2, 0.25) is 0 Å². The van der Waals surface area contributed by atoms with Crippen molar-refractivity contribution in [2.75, 3.05) is 13.2 Å². The number of hydrogen-bond donors (Lipinski definition) is 3. The van der Waals surface area contributed by atoms with Crippen LogP contribution in [0.3, 0.4) is 0 Å². The number of benzene rings is 2. The predicted molar refractivity (Wildman–Crippen MR) is 120 cm³/mol. The van der Waals surface area contributed by atoms with Crippen LogP contribution in [0.1, 0.15) is 29.9 Å². The van der Waals surface area contributed by atoms with Crippen molar-refractivity contribution in [2.24, 2.45) is 0 Å². The van der Waals surface area contributed by atoms with E-state index in [9.17, 15) is 14.4 Å². The maximum absolute atomic E-state index is 12.6. The van der Waals surface area contributed by atoms with Crippen LogP contribution >= 0.6 is 0 Å². The van der Waals surface area contributed by atoms with Crippen LogP contribution in [0.5, 0.6) is 0 Å². The third kappa shape index (κ3) is 5.37. The fraction of sp³-hybridized carbons (Fsp3) is 0.304. The Kier molecular flexibility index (Phi) is 7.11. The highest BCUT2D eigenvalue weighted by molar-refractivity contribution is 5.86. The number of carboxylic acids is 1. The highest BCUT2D eigenvalue weighted by Gasteiger charge is 2.30. The molecule has 11 nitrogen and oxygen atoms in total. The first-order valence-electron chi connectivity index (χ1n) is 10.8. The summed E-state index contributed by atoms with van der Waals surface area (Å²) < 4.78 is 5.48. The Morgan fingerprint density at radius 3 is 2.35 bits per heavy atom. The Balaban J connectivity index is 1.36. The topological polar surface area (TPSA) is 148 Å². The average Bonchev–Trinajstić information content (AvgIpc) is 3.46. The van der Waals surface area contributed by atoms with Crippen molar-refractivity contribution in [3.8, 4) is 11.1 Å². The van der Waals surface area contributed by atoms with Gasteiger partial charge in [0.05, 0.1) is 6.54 Å². The molecular weight excluding hydrogens is 440 g/mol. The van der Waals surface area contributed by atoms with Crippen LogP contribution in [-0.4, -0.2) is 62.5 Å². The summed E-state index contributed by atoms with van der Waals surface area (Å²) in [5, 5.41) is 25.3. The van der Waals surface area contributed by atoms with Crippen molar-refractivity contribution in [3.05, 3.63) is 66.0 Å². The summed E-state index contributed by atoms with van der Waals surface area (Å²) in [4.78, 5) is 37.4. The maximum atomic E-state index is 12.6. The predicted octanol–water partition coefficient (Wildman–Crippen LogP) is 1.56. The SMILES string of the molecule is O=C(O)CCC(NC(=O)OCC1c2ccccc2-c2ccccc21)C(=O)NCCn1ncnn1. The Labute approximate surface area is 195 Å². The maximum Gasteiger partial charge on any atom is 0.407 e. The lowest BCUT2D eigenvalue weighted by Crippen LogP contribution is -2.48. The van der Waals surface area contributed by atoms with Gasteiger partial charge in [0.1, 0.15) is 12.6 Å². The van der Waals surface area contributed by atoms with Crippen molar-refractivity contribution in [2.45, 2.75) is 31.3 Å². The molecule has 34 heavy (non-hydrogen) atoms. The quantitative estimate of drug-likeness (QED) is 0.409. The standard InChI is InChI=1S/C23H24N6O5/c30-21(31)10-9-20(22(32)24-11-12-29-26-14-25-28-29)27-23(33)34-13-19-17-7-3-1-5-15(17)16-6-2-4-8-18(16)19/h1-8,14,19-20H,9-13H2,(H,24,32)(H,27,33)(H,30,31). The van der Waals surface area contributed by atoms with E-state index in [0.29, 0.717) is 0 Å². The lowest BCUT2D eigenvalue weighted by atomic mass is 9.98. The molecule has 0 saturated heterocycles. The molecule has 2 aromatic carbocycles. The number of nitrogens with zero attached hydrogens (tertiary/aromatic N) is 4. The minimum atomic E-state index is -1.07. The first-order chi connectivity index (χ1) is 16.5. The van der Waals surface area contributed by atoms with E-state index < -0.39 is 24.0 Å². The molecule has 3 N–H and O–H groups in total. The van der Waals surface area contributed by atoms with Gasteiger partial charge in [-0.25, -0.2) is 4.79 Å². The lowest BCUT2D eigenvalue weighted by molar-refractivity contribution is -0.137. The Morgan fingerprint density at radius 2 is 1.74 bits per heavy atom. The molecule has 1 unspecified atom stereocenters. The van der Waals surface area contributed by atoms with Gasteiger partial charge in [-0.15, -0.1) is 10.2 Å². The Bertz CT molecular complexity index is 1120. The zero-order chi connectivity index (χ0) is 23.9. The second-order valence-corrected chi connectivity index (χ2v) is 7.78. The fourth-order valence-corrected chi connectivity index (χ4v) is 4.01. The molecule has 11 heteroatoms. The van der Waals surface area contributed by atoms with Gasteiger partial charge in [0.15, 0.2) is 6.33 Å². The van der Waals surface area contributed by atoms with Crippen molar-refractivity contribution in [3.63, 3.8) is 0 Å². The van der Waals surface area contributed by atoms with Gasteiger partial charge >= 0.3 is 12.1 Å². The summed E-state index contributed by atoms with van der Waals surface area (Å²) in [5.74, 6) is -1.71. The number of carboxylic acid groups (broad SMARTS) is 1. The molecule has 1 aliphatic rings. The number of amides is 2. The second-order valence-electron chi connectivity index (χ2n) is 7.78. The Hall–Kier alpha value is -4.28. The number of aliphatic carboxylic acids is 1. The summed E-state index contributed by atoms with van der Waals surface area (Å²) >= 11 is 0. The van der Waals surface area contributed by atoms with E-state index in [-0.39, 0.29) is 38.5 Å². The van der Waals surface area contributed by atoms with E-state index in [2.05, 4.69) is 26.0 Å². The lowest BCUT2D eigenvalue weighted by Gasteiger charge is -2.19. The van der Waals surface area contributed by atoms with E-state index in [1.807, 2.05) is 48.5 Å². The molecule has 1 aromatic heterocycles. The van der Waals surface area contributed by atoms with E-state index in [4.69, 9.17) is 9.84 Å². The number of nitrogens with one attached hydrogen (secondary N) is 2. The van der Waals surface area contributed by atoms with Crippen LogP contribution in [0.4, 0.5) is 4.79 Å². The van der Waals surface area contributed by atoms with Crippen LogP contribution in [0, 0.1) is 0 Å². The van der Waals surface area contributed by atoms with E-state index in [1.54, 1.807) is 0 Å². The number of ether oxygens (including phenoxy) is 1. The summed E-state index contributed by atoms with van der Waals surface area (Å²) in [7, 11) is 0. The molecule has 0 radical (unpaired) electrons. The number of aromatic nitrogens is 4. The minimum Gasteiger partial charge on any atom is -0.481 e. The summed E-state index contributed by atoms with van der Waals surface area (Å²) in [6.07, 6.45) is 0.125. The van der Waals surface area contributed by atoms with Crippen molar-refractivity contribution in [1.29, 1.82) is 0 Å². The van der Waals surface area contributed by atoms with Crippen molar-refractivity contribution >= 4 is 18.0 Å². The van der Waals surface area contributed by atoms with Crippen molar-refractivity contribution in [1.82, 2.24) is 30.8 Å². The molecule has 4 rings (SSSR count). The first-order valence-corrected chi connectivity index (χ1v) is 10.8. The van der Waals surface area contributed by atoms with Crippen LogP contribution < -0.4 is 10.6 Å². The normalized spacial score (nSPS) is 12.9. The van der Waals surface area contributed by atoms with Crippen LogP contribution in [-0.2, 0) is 20.9 Å². The van der Waals surface area contributed by atoms with Crippen molar-refractivity contribution < 1.29 is 24.2 Å². The van der Waals surface area contributed by atoms with Gasteiger partial charge in [-0.3, -0.25) is 9.59 Å². The molecule has 1 heterocycles. The molecule has 0 fully saturated rings. The number of tetrazole rings is 1. The van der Waals surface area contributed by atoms with Gasteiger partial charge in [-0.1, -0.05) is 48.5 Å². The number of fused-ring (bicyclic) bond motifs is 3. The number of alkyl carbamates (subject to hydrolysis) is 1. The zero-order valence-electron chi connectivity index (χ0n) is 18.3.